The maximum Gasteiger partial charge on any atom is 0.325 e. The molecule has 134 valence electrons. The van der Waals surface area contributed by atoms with Crippen LogP contribution in [0.15, 0.2) is 24.3 Å². The molecule has 2 aliphatic rings. The number of cyclic esters (lactones) is 1. The number of carbonyl (C=O) groups is 3. The van der Waals surface area contributed by atoms with Crippen molar-refractivity contribution in [3.63, 3.8) is 0 Å². The molecule has 5 heteroatoms. The van der Waals surface area contributed by atoms with Gasteiger partial charge in [0.05, 0.1) is 12.0 Å². The molecule has 1 aliphatic carbocycles. The quantitative estimate of drug-likeness (QED) is 0.466. The Morgan fingerprint density at radius 1 is 1.16 bits per heavy atom. The molecule has 1 aromatic rings. The summed E-state index contributed by atoms with van der Waals surface area (Å²) in [6, 6.07) is 7.21. The van der Waals surface area contributed by atoms with Crippen molar-refractivity contribution in [1.29, 1.82) is 0 Å². The van der Waals surface area contributed by atoms with Crippen LogP contribution < -0.4 is 0 Å². The molecule has 0 radical (unpaired) electrons. The second kappa shape index (κ2) is 5.41. The third-order valence-corrected chi connectivity index (χ3v) is 5.79. The summed E-state index contributed by atoms with van der Waals surface area (Å²) >= 11 is 0. The van der Waals surface area contributed by atoms with Gasteiger partial charge in [0, 0.05) is 11.5 Å². The largest absolute Gasteiger partial charge is 0.465 e. The fourth-order valence-corrected chi connectivity index (χ4v) is 4.87. The predicted octanol–water partition coefficient (Wildman–Crippen LogP) is 3.09. The topological polar surface area (TPSA) is 69.7 Å². The van der Waals surface area contributed by atoms with Crippen molar-refractivity contribution in [2.24, 2.45) is 16.7 Å². The first kappa shape index (κ1) is 17.6. The molecule has 3 atom stereocenters. The molecule has 2 fully saturated rings. The molecule has 1 heterocycles. The van der Waals surface area contributed by atoms with E-state index in [9.17, 15) is 14.4 Å². The van der Waals surface area contributed by atoms with Gasteiger partial charge in [0.2, 0.25) is 0 Å². The Labute approximate surface area is 147 Å². The molecule has 0 bridgehead atoms. The summed E-state index contributed by atoms with van der Waals surface area (Å²) in [6.45, 7) is 9.14. The van der Waals surface area contributed by atoms with Crippen molar-refractivity contribution in [3.8, 4) is 0 Å². The summed E-state index contributed by atoms with van der Waals surface area (Å²) in [6.07, 6.45) is 0.377. The van der Waals surface area contributed by atoms with Gasteiger partial charge in [-0.25, -0.2) is 0 Å². The minimum Gasteiger partial charge on any atom is -0.465 e. The Kier molecular flexibility index (Phi) is 3.82. The molecule has 0 N–H and O–H groups in total. The van der Waals surface area contributed by atoms with Crippen molar-refractivity contribution < 1.29 is 23.9 Å². The lowest BCUT2D eigenvalue weighted by atomic mass is 9.81. The Hall–Kier alpha value is -2.17. The highest BCUT2D eigenvalue weighted by Crippen LogP contribution is 2.80. The van der Waals surface area contributed by atoms with Crippen molar-refractivity contribution in [1.82, 2.24) is 0 Å². The van der Waals surface area contributed by atoms with Gasteiger partial charge in [0.15, 0.2) is 11.2 Å². The number of hydrogen-bond acceptors (Lipinski definition) is 5. The molecule has 1 saturated heterocycles. The SMILES string of the molecule is CCOC(=O)C12C(=O)OC(C)(C)C1C2(CC)C(=O)c1ccc(C)cc1. The fourth-order valence-electron chi connectivity index (χ4n) is 4.87. The Morgan fingerprint density at radius 3 is 2.28 bits per heavy atom. The van der Waals surface area contributed by atoms with Crippen LogP contribution in [-0.4, -0.2) is 29.9 Å². The second-order valence-corrected chi connectivity index (χ2v) is 7.47. The van der Waals surface area contributed by atoms with Gasteiger partial charge in [-0.2, -0.15) is 0 Å². The van der Waals surface area contributed by atoms with Crippen LogP contribution >= 0.6 is 0 Å². The molecule has 1 aromatic carbocycles. The van der Waals surface area contributed by atoms with Crippen LogP contribution in [-0.2, 0) is 19.1 Å². The lowest BCUT2D eigenvalue weighted by Gasteiger charge is -2.28. The van der Waals surface area contributed by atoms with Gasteiger partial charge in [-0.3, -0.25) is 14.4 Å². The zero-order valence-electron chi connectivity index (χ0n) is 15.3. The molecule has 1 aliphatic heterocycles. The molecule has 1 saturated carbocycles. The molecule has 0 aromatic heterocycles. The van der Waals surface area contributed by atoms with Crippen LogP contribution in [0.1, 0.15) is 50.0 Å². The van der Waals surface area contributed by atoms with Gasteiger partial charge in [0.25, 0.3) is 0 Å². The van der Waals surface area contributed by atoms with Crippen molar-refractivity contribution in [2.45, 2.75) is 46.6 Å². The average Bonchev–Trinajstić information content (AvgIpc) is 3.15. The third-order valence-electron chi connectivity index (χ3n) is 5.79. The maximum absolute atomic E-state index is 13.4. The summed E-state index contributed by atoms with van der Waals surface area (Å²) in [5.41, 5.74) is -1.97. The van der Waals surface area contributed by atoms with E-state index >= 15 is 0 Å². The summed E-state index contributed by atoms with van der Waals surface area (Å²) in [4.78, 5) is 39.0. The van der Waals surface area contributed by atoms with Crippen LogP contribution in [0.25, 0.3) is 0 Å². The minimum atomic E-state index is -1.52. The van der Waals surface area contributed by atoms with Gasteiger partial charge in [-0.1, -0.05) is 36.8 Å². The standard InChI is InChI=1S/C20H24O5/c1-6-19(14(21)13-10-8-12(3)9-11-13)15-18(4,5)25-17(23)20(15,19)16(22)24-7-2/h8-11,15H,6-7H2,1-5H3. The summed E-state index contributed by atoms with van der Waals surface area (Å²) < 4.78 is 10.7. The maximum atomic E-state index is 13.4. The van der Waals surface area contributed by atoms with E-state index in [1.807, 2.05) is 26.0 Å². The van der Waals surface area contributed by atoms with Crippen LogP contribution in [0.5, 0.6) is 0 Å². The monoisotopic (exact) mass is 344 g/mol. The third kappa shape index (κ3) is 1.98. The van der Waals surface area contributed by atoms with Gasteiger partial charge in [-0.05, 0) is 34.1 Å². The lowest BCUT2D eigenvalue weighted by Crippen LogP contribution is -2.40. The smallest absolute Gasteiger partial charge is 0.325 e. The fraction of sp³-hybridized carbons (Fsp3) is 0.550. The van der Waals surface area contributed by atoms with E-state index < -0.39 is 34.3 Å². The molecular formula is C20H24O5. The molecule has 3 rings (SSSR count). The number of fused-ring (bicyclic) bond motifs is 1. The van der Waals surface area contributed by atoms with Gasteiger partial charge >= 0.3 is 11.9 Å². The number of esters is 2. The normalized spacial score (nSPS) is 31.9. The zero-order chi connectivity index (χ0) is 18.6. The number of aryl methyl sites for hydroxylation is 1. The first-order valence-electron chi connectivity index (χ1n) is 8.72. The summed E-state index contributed by atoms with van der Waals surface area (Å²) in [5.74, 6) is -1.98. The van der Waals surface area contributed by atoms with Crippen LogP contribution in [0.2, 0.25) is 0 Å². The number of hydrogen-bond donors (Lipinski definition) is 0. The van der Waals surface area contributed by atoms with E-state index in [0.717, 1.165) is 5.56 Å². The Morgan fingerprint density at radius 2 is 1.76 bits per heavy atom. The Bertz CT molecular complexity index is 748. The summed E-state index contributed by atoms with van der Waals surface area (Å²) in [5, 5.41) is 0. The molecule has 3 unspecified atom stereocenters. The van der Waals surface area contributed by atoms with E-state index in [2.05, 4.69) is 0 Å². The predicted molar refractivity (Wildman–Crippen MR) is 91.0 cm³/mol. The van der Waals surface area contributed by atoms with E-state index in [1.165, 1.54) is 0 Å². The van der Waals surface area contributed by atoms with Gasteiger partial charge < -0.3 is 9.47 Å². The molecule has 25 heavy (non-hydrogen) atoms. The summed E-state index contributed by atoms with van der Waals surface area (Å²) in [7, 11) is 0. The molecule has 0 amide bonds. The highest BCUT2D eigenvalue weighted by molar-refractivity contribution is 6.19. The Balaban J connectivity index is 2.14. The zero-order valence-corrected chi connectivity index (χ0v) is 15.3. The number of carbonyl (C=O) groups excluding carboxylic acids is 3. The van der Waals surface area contributed by atoms with E-state index in [4.69, 9.17) is 9.47 Å². The number of ketones is 1. The second-order valence-electron chi connectivity index (χ2n) is 7.47. The van der Waals surface area contributed by atoms with E-state index in [-0.39, 0.29) is 12.4 Å². The average molecular weight is 344 g/mol. The number of Topliss-reactive ketones (excluding diaryl/α,β-unsaturated/α-hetero) is 1. The molecule has 0 spiro atoms. The number of ether oxygens (including phenoxy) is 2. The van der Waals surface area contributed by atoms with Crippen molar-refractivity contribution in [3.05, 3.63) is 35.4 Å². The van der Waals surface area contributed by atoms with E-state index in [1.54, 1.807) is 32.9 Å². The van der Waals surface area contributed by atoms with Crippen LogP contribution in [0.3, 0.4) is 0 Å². The van der Waals surface area contributed by atoms with Crippen molar-refractivity contribution >= 4 is 17.7 Å². The number of benzene rings is 1. The van der Waals surface area contributed by atoms with Crippen molar-refractivity contribution in [2.75, 3.05) is 6.61 Å². The lowest BCUT2D eigenvalue weighted by molar-refractivity contribution is -0.166. The molecular weight excluding hydrogens is 320 g/mol. The number of rotatable bonds is 5. The minimum absolute atomic E-state index is 0.152. The van der Waals surface area contributed by atoms with Gasteiger partial charge in [-0.15, -0.1) is 0 Å². The first-order valence-corrected chi connectivity index (χ1v) is 8.72. The van der Waals surface area contributed by atoms with Crippen LogP contribution in [0.4, 0.5) is 0 Å². The first-order chi connectivity index (χ1) is 11.7. The van der Waals surface area contributed by atoms with E-state index in [0.29, 0.717) is 12.0 Å². The van der Waals surface area contributed by atoms with Crippen LogP contribution in [0, 0.1) is 23.7 Å². The highest BCUT2D eigenvalue weighted by Gasteiger charge is 2.95. The molecule has 5 nitrogen and oxygen atoms in total. The van der Waals surface area contributed by atoms with Gasteiger partial charge in [0.1, 0.15) is 5.60 Å². The highest BCUT2D eigenvalue weighted by atomic mass is 16.6.